The normalized spacial score (nSPS) is 11.7. The summed E-state index contributed by atoms with van der Waals surface area (Å²) in [7, 11) is 0. The molecule has 350 valence electrons. The molecule has 0 atom stereocenters. The van der Waals surface area contributed by atoms with Crippen LogP contribution in [0.2, 0.25) is 0 Å². The maximum Gasteiger partial charge on any atom is 0.0701 e. The second-order valence-corrected chi connectivity index (χ2v) is 11.5. The highest BCUT2D eigenvalue weighted by Crippen LogP contribution is 1.89. The Morgan fingerprint density at radius 1 is 0.172 bits per heavy atom. The molecule has 20 nitrogen and oxygen atoms in total. The third kappa shape index (κ3) is 55.2. The first-order valence-electron chi connectivity index (χ1n) is 20.6. The van der Waals surface area contributed by atoms with E-state index in [1.165, 1.54) is 0 Å². The van der Waals surface area contributed by atoms with Gasteiger partial charge in [-0.3, -0.25) is 0 Å². The predicted octanol–water partition coefficient (Wildman–Crippen LogP) is -0.764. The van der Waals surface area contributed by atoms with Crippen molar-refractivity contribution in [2.75, 3.05) is 251 Å². The molecule has 0 saturated carbocycles. The van der Waals surface area contributed by atoms with E-state index >= 15 is 0 Å². The summed E-state index contributed by atoms with van der Waals surface area (Å²) in [6.07, 6.45) is 0. The van der Waals surface area contributed by atoms with Gasteiger partial charge in [0.25, 0.3) is 0 Å². The second kappa shape index (κ2) is 56.2. The molecule has 3 N–H and O–H groups in total. The molecule has 0 bridgehead atoms. The van der Waals surface area contributed by atoms with Crippen LogP contribution < -0.4 is 5.73 Å². The Kier molecular flexibility index (Phi) is 55.4. The molecule has 0 radical (unpaired) electrons. The third-order valence-corrected chi connectivity index (χ3v) is 6.82. The van der Waals surface area contributed by atoms with Crippen molar-refractivity contribution in [2.45, 2.75) is 0 Å². The summed E-state index contributed by atoms with van der Waals surface area (Å²) in [5, 5.41) is 8.59. The molecular weight excluding hydrogens is 774 g/mol. The van der Waals surface area contributed by atoms with Gasteiger partial charge in [-0.2, -0.15) is 0 Å². The van der Waals surface area contributed by atoms with E-state index < -0.39 is 0 Å². The molecule has 0 heterocycles. The molecule has 0 aliphatic heterocycles. The number of aliphatic hydroxyl groups is 1. The van der Waals surface area contributed by atoms with E-state index in [9.17, 15) is 0 Å². The van der Waals surface area contributed by atoms with Gasteiger partial charge in [-0.25, -0.2) is 0 Å². The number of rotatable bonds is 55. The molecule has 0 aromatic heterocycles. The van der Waals surface area contributed by atoms with Gasteiger partial charge in [0.15, 0.2) is 0 Å². The first kappa shape index (κ1) is 57.2. The van der Waals surface area contributed by atoms with Gasteiger partial charge in [0.05, 0.1) is 244 Å². The van der Waals surface area contributed by atoms with Crippen molar-refractivity contribution >= 4 is 0 Å². The Bertz CT molecular complexity index is 654. The molecule has 0 aromatic carbocycles. The fourth-order valence-electron chi connectivity index (χ4n) is 3.99. The molecule has 0 rings (SSSR count). The van der Waals surface area contributed by atoms with Gasteiger partial charge in [0.2, 0.25) is 0 Å². The number of aliphatic hydroxyl groups excluding tert-OH is 1. The number of hydrogen-bond donors (Lipinski definition) is 2. The summed E-state index contributed by atoms with van der Waals surface area (Å²) in [4.78, 5) is 0. The molecule has 0 aliphatic rings. The summed E-state index contributed by atoms with van der Waals surface area (Å²) < 4.78 is 97.6. The number of hydrogen-bond acceptors (Lipinski definition) is 20. The van der Waals surface area contributed by atoms with Crippen molar-refractivity contribution in [1.29, 1.82) is 0 Å². The lowest BCUT2D eigenvalue weighted by molar-refractivity contribution is -0.0310. The number of nitrogens with two attached hydrogens (primary N) is 1. The summed E-state index contributed by atoms with van der Waals surface area (Å²) in [6, 6.07) is 0. The zero-order valence-corrected chi connectivity index (χ0v) is 35.2. The van der Waals surface area contributed by atoms with E-state index in [1.54, 1.807) is 0 Å². The maximum atomic E-state index is 8.59. The SMILES string of the molecule is NCCOCCOCCOCCOCCOCCOCCOCCOCCOCCOCCOCCOCCOCCOCCOCCOCCOCCOCCO. The van der Waals surface area contributed by atoms with Crippen LogP contribution in [0.4, 0.5) is 0 Å². The largest absolute Gasteiger partial charge is 0.394 e. The topological polar surface area (TPSA) is 212 Å². The zero-order valence-electron chi connectivity index (χ0n) is 35.2. The van der Waals surface area contributed by atoms with Crippen LogP contribution in [-0.2, 0) is 85.3 Å². The van der Waals surface area contributed by atoms with Crippen LogP contribution in [0, 0.1) is 0 Å². The first-order chi connectivity index (χ1) is 28.9. The minimum atomic E-state index is 0.0207. The van der Waals surface area contributed by atoms with E-state index in [0.717, 1.165) is 0 Å². The Balaban J connectivity index is 3.05. The Morgan fingerprint density at radius 2 is 0.276 bits per heavy atom. The van der Waals surface area contributed by atoms with Gasteiger partial charge in [-0.05, 0) is 0 Å². The van der Waals surface area contributed by atoms with Gasteiger partial charge >= 0.3 is 0 Å². The van der Waals surface area contributed by atoms with E-state index in [4.69, 9.17) is 96.1 Å². The van der Waals surface area contributed by atoms with Crippen molar-refractivity contribution in [3.05, 3.63) is 0 Å². The average molecular weight is 854 g/mol. The lowest BCUT2D eigenvalue weighted by atomic mass is 10.6. The van der Waals surface area contributed by atoms with Crippen LogP contribution in [0.5, 0.6) is 0 Å². The quantitative estimate of drug-likeness (QED) is 0.0720. The lowest BCUT2D eigenvalue weighted by Crippen LogP contribution is -2.16. The average Bonchev–Trinajstić information content (AvgIpc) is 3.23. The van der Waals surface area contributed by atoms with E-state index in [1.807, 2.05) is 0 Å². The maximum absolute atomic E-state index is 8.59. The van der Waals surface area contributed by atoms with Gasteiger partial charge in [-0.1, -0.05) is 0 Å². The fraction of sp³-hybridized carbons (Fsp3) is 1.00. The van der Waals surface area contributed by atoms with Gasteiger partial charge in [0, 0.05) is 6.54 Å². The minimum Gasteiger partial charge on any atom is -0.394 e. The summed E-state index contributed by atoms with van der Waals surface area (Å²) in [5.74, 6) is 0. The summed E-state index contributed by atoms with van der Waals surface area (Å²) >= 11 is 0. The molecule has 0 aromatic rings. The molecule has 0 spiro atoms. The summed E-state index contributed by atoms with van der Waals surface area (Å²) in [6.45, 7) is 18.4. The Labute approximate surface area is 346 Å². The van der Waals surface area contributed by atoms with Gasteiger partial charge in [-0.15, -0.1) is 0 Å². The zero-order chi connectivity index (χ0) is 41.6. The molecular formula is C38H79NO19. The van der Waals surface area contributed by atoms with Crippen LogP contribution in [0.1, 0.15) is 0 Å². The lowest BCUT2D eigenvalue weighted by Gasteiger charge is -2.09. The van der Waals surface area contributed by atoms with Crippen LogP contribution in [-0.4, -0.2) is 256 Å². The summed E-state index contributed by atoms with van der Waals surface area (Å²) in [5.41, 5.74) is 5.34. The Hall–Kier alpha value is -0.800. The van der Waals surface area contributed by atoms with Crippen LogP contribution >= 0.6 is 0 Å². The molecule has 0 unspecified atom stereocenters. The smallest absolute Gasteiger partial charge is 0.0701 e. The molecule has 0 fully saturated rings. The first-order valence-corrected chi connectivity index (χ1v) is 20.6. The predicted molar refractivity (Wildman–Crippen MR) is 211 cm³/mol. The molecule has 0 amide bonds. The standard InChI is InChI=1S/C38H79NO19/c39-1-3-41-5-7-43-9-11-45-13-15-47-17-19-49-21-23-51-25-27-53-29-31-55-33-35-57-37-38-58-36-34-56-32-30-54-28-26-52-24-22-50-20-18-48-16-14-46-12-10-44-8-6-42-4-2-40/h40H,1-39H2. The second-order valence-electron chi connectivity index (χ2n) is 11.5. The minimum absolute atomic E-state index is 0.0207. The highest BCUT2D eigenvalue weighted by molar-refractivity contribution is 4.41. The van der Waals surface area contributed by atoms with Crippen molar-refractivity contribution in [2.24, 2.45) is 5.73 Å². The Morgan fingerprint density at radius 3 is 0.379 bits per heavy atom. The van der Waals surface area contributed by atoms with Gasteiger partial charge < -0.3 is 96.1 Å². The molecule has 0 saturated heterocycles. The van der Waals surface area contributed by atoms with Crippen LogP contribution in [0.3, 0.4) is 0 Å². The highest BCUT2D eigenvalue weighted by Gasteiger charge is 1.98. The van der Waals surface area contributed by atoms with E-state index in [0.29, 0.717) is 244 Å². The van der Waals surface area contributed by atoms with Crippen molar-refractivity contribution in [3.63, 3.8) is 0 Å². The van der Waals surface area contributed by atoms with Crippen molar-refractivity contribution in [3.8, 4) is 0 Å². The molecule has 0 aliphatic carbocycles. The highest BCUT2D eigenvalue weighted by atomic mass is 16.6. The molecule has 20 heteroatoms. The van der Waals surface area contributed by atoms with Gasteiger partial charge in [0.1, 0.15) is 0 Å². The van der Waals surface area contributed by atoms with E-state index in [-0.39, 0.29) is 6.61 Å². The van der Waals surface area contributed by atoms with E-state index in [2.05, 4.69) is 0 Å². The van der Waals surface area contributed by atoms with Crippen LogP contribution in [0.15, 0.2) is 0 Å². The molecule has 58 heavy (non-hydrogen) atoms. The monoisotopic (exact) mass is 854 g/mol. The van der Waals surface area contributed by atoms with Crippen LogP contribution in [0.25, 0.3) is 0 Å². The third-order valence-electron chi connectivity index (χ3n) is 6.82. The van der Waals surface area contributed by atoms with Crippen molar-refractivity contribution in [1.82, 2.24) is 0 Å². The number of ether oxygens (including phenoxy) is 18. The fourth-order valence-corrected chi connectivity index (χ4v) is 3.99. The van der Waals surface area contributed by atoms with Crippen molar-refractivity contribution < 1.29 is 90.4 Å².